The van der Waals surface area contributed by atoms with Crippen LogP contribution in [0.1, 0.15) is 77.1 Å². The maximum Gasteiger partial charge on any atom is 0.407 e. The lowest BCUT2D eigenvalue weighted by atomic mass is 9.94. The largest absolute Gasteiger partial charge is 0.453 e. The topological polar surface area (TPSA) is 162 Å². The predicted molar refractivity (Wildman–Crippen MR) is 224 cm³/mol. The van der Waals surface area contributed by atoms with E-state index in [0.29, 0.717) is 42.5 Å². The second kappa shape index (κ2) is 16.9. The van der Waals surface area contributed by atoms with Gasteiger partial charge in [-0.2, -0.15) is 0 Å². The average molecular weight is 789 g/mol. The van der Waals surface area contributed by atoms with Gasteiger partial charge in [-0.05, 0) is 94.8 Å². The van der Waals surface area contributed by atoms with Crippen molar-refractivity contribution in [2.75, 3.05) is 27.3 Å². The number of allylic oxidation sites excluding steroid dienone is 1. The molecule has 58 heavy (non-hydrogen) atoms. The van der Waals surface area contributed by atoms with E-state index < -0.39 is 24.3 Å². The first-order valence-electron chi connectivity index (χ1n) is 20.1. The van der Waals surface area contributed by atoms with Crippen molar-refractivity contribution in [1.29, 1.82) is 0 Å². The van der Waals surface area contributed by atoms with E-state index in [9.17, 15) is 24.0 Å². The Balaban J connectivity index is 1.07. The first-order chi connectivity index (χ1) is 27.9. The molecule has 0 spiro atoms. The van der Waals surface area contributed by atoms with Crippen molar-refractivity contribution < 1.29 is 28.7 Å². The van der Waals surface area contributed by atoms with Crippen molar-refractivity contribution in [3.63, 3.8) is 0 Å². The molecule has 0 saturated carbocycles. The van der Waals surface area contributed by atoms with Gasteiger partial charge in [0, 0.05) is 48.6 Å². The minimum atomic E-state index is -0.751. The SMILES string of the molecule is COC(=O)N[C@H](C(=O)N1CCCC1c1cc(=O)c2ccc(-c3ccc4cc(C5=CN=C([C@@H]6CCCN6C(=O)[C@@H](NC(=O)OC)C(C)C)C5)ccc4c3)cc2[nH]1)C(C)C. The van der Waals surface area contributed by atoms with Crippen LogP contribution in [0.25, 0.3) is 38.4 Å². The van der Waals surface area contributed by atoms with Crippen molar-refractivity contribution >= 4 is 57.0 Å². The van der Waals surface area contributed by atoms with Gasteiger partial charge in [0.15, 0.2) is 5.43 Å². The Hall–Kier alpha value is -5.98. The van der Waals surface area contributed by atoms with E-state index >= 15 is 0 Å². The van der Waals surface area contributed by atoms with Gasteiger partial charge in [-0.1, -0.05) is 58.0 Å². The van der Waals surface area contributed by atoms with E-state index in [-0.39, 0.29) is 41.2 Å². The number of aromatic amines is 1. The number of ether oxygens (including phenoxy) is 2. The van der Waals surface area contributed by atoms with Crippen LogP contribution in [-0.4, -0.2) is 89.9 Å². The lowest BCUT2D eigenvalue weighted by molar-refractivity contribution is -0.135. The summed E-state index contributed by atoms with van der Waals surface area (Å²) in [6.45, 7) is 8.71. The second-order valence-electron chi connectivity index (χ2n) is 16.2. The van der Waals surface area contributed by atoms with Crippen molar-refractivity contribution in [2.24, 2.45) is 16.8 Å². The summed E-state index contributed by atoms with van der Waals surface area (Å²) in [6.07, 6.45) is 4.44. The minimum absolute atomic E-state index is 0.0993. The van der Waals surface area contributed by atoms with Crippen molar-refractivity contribution in [3.05, 3.63) is 88.3 Å². The number of fused-ring (bicyclic) bond motifs is 2. The summed E-state index contributed by atoms with van der Waals surface area (Å²) in [6, 6.07) is 18.2. The normalized spacial score (nSPS) is 19.0. The summed E-state index contributed by atoms with van der Waals surface area (Å²) < 4.78 is 9.55. The van der Waals surface area contributed by atoms with Crippen LogP contribution in [0.2, 0.25) is 0 Å². The van der Waals surface area contributed by atoms with Crippen LogP contribution in [0.3, 0.4) is 0 Å². The number of amides is 4. The second-order valence-corrected chi connectivity index (χ2v) is 16.2. The smallest absolute Gasteiger partial charge is 0.407 e. The van der Waals surface area contributed by atoms with Gasteiger partial charge in [-0.15, -0.1) is 0 Å². The number of aromatic nitrogens is 1. The Morgan fingerprint density at radius 2 is 1.26 bits per heavy atom. The molecule has 4 amide bonds. The molecule has 7 rings (SSSR count). The molecular formula is C45H52N6O7. The van der Waals surface area contributed by atoms with Gasteiger partial charge in [-0.25, -0.2) is 9.59 Å². The fourth-order valence-electron chi connectivity index (χ4n) is 8.57. The molecule has 3 aliphatic heterocycles. The summed E-state index contributed by atoms with van der Waals surface area (Å²) in [5, 5.41) is 8.10. The number of alkyl carbamates (subject to hydrolysis) is 2. The van der Waals surface area contributed by atoms with Gasteiger partial charge in [0.05, 0.1) is 31.8 Å². The average Bonchev–Trinajstić information content (AvgIpc) is 4.02. The highest BCUT2D eigenvalue weighted by Gasteiger charge is 2.39. The molecule has 3 N–H and O–H groups in total. The molecule has 4 heterocycles. The number of carbonyl (C=O) groups is 4. The van der Waals surface area contributed by atoms with Crippen LogP contribution < -0.4 is 16.1 Å². The summed E-state index contributed by atoms with van der Waals surface area (Å²) in [5.74, 6) is -0.571. The molecule has 2 fully saturated rings. The Morgan fingerprint density at radius 3 is 1.86 bits per heavy atom. The molecule has 13 heteroatoms. The Kier molecular flexibility index (Phi) is 11.7. The standard InChI is InChI=1S/C45H52N6O7/c1-25(2)40(48-44(55)57-5)42(53)50-17-7-9-37(50)35-22-32(24-46-35)30-14-13-27-19-29(12-11-28(27)20-30)31-15-16-33-34(21-31)47-36(23-39(33)52)38-10-8-18-51(38)43(54)41(26(3)4)49-45(56)58-6/h11-16,19-21,23-26,37-38,40-41H,7-10,17-18,22H2,1-6H3,(H,47,52)(H,48,55)(H,49,56)/t37-,38?,40-,41-/m0/s1. The summed E-state index contributed by atoms with van der Waals surface area (Å²) in [4.78, 5) is 76.7. The molecule has 1 unspecified atom stereocenters. The number of benzene rings is 3. The van der Waals surface area contributed by atoms with E-state index in [0.717, 1.165) is 58.0 Å². The number of nitrogens with zero attached hydrogens (tertiary/aromatic N) is 3. The number of aliphatic imine (C=N–C) groups is 1. The highest BCUT2D eigenvalue weighted by molar-refractivity contribution is 6.04. The lowest BCUT2D eigenvalue weighted by Crippen LogP contribution is -2.53. The van der Waals surface area contributed by atoms with E-state index in [1.165, 1.54) is 14.2 Å². The number of likely N-dealkylation sites (tertiary alicyclic amines) is 2. The van der Waals surface area contributed by atoms with Gasteiger partial charge in [-0.3, -0.25) is 19.4 Å². The third kappa shape index (κ3) is 8.07. The fourth-order valence-corrected chi connectivity index (χ4v) is 8.57. The predicted octanol–water partition coefficient (Wildman–Crippen LogP) is 6.95. The highest BCUT2D eigenvalue weighted by atomic mass is 16.5. The first kappa shape index (κ1) is 40.2. The molecule has 0 aliphatic carbocycles. The molecule has 13 nitrogen and oxygen atoms in total. The van der Waals surface area contributed by atoms with E-state index in [4.69, 9.17) is 14.5 Å². The summed E-state index contributed by atoms with van der Waals surface area (Å²) in [7, 11) is 2.57. The Labute approximate surface area is 337 Å². The van der Waals surface area contributed by atoms with Gasteiger partial charge >= 0.3 is 12.2 Å². The lowest BCUT2D eigenvalue weighted by Gasteiger charge is -2.31. The van der Waals surface area contributed by atoms with Crippen molar-refractivity contribution in [3.8, 4) is 11.1 Å². The van der Waals surface area contributed by atoms with Gasteiger partial charge < -0.3 is 34.9 Å². The number of carbonyl (C=O) groups excluding carboxylic acids is 4. The first-order valence-corrected chi connectivity index (χ1v) is 20.1. The number of methoxy groups -OCH3 is 2. The molecule has 4 aromatic rings. The fraction of sp³-hybridized carbons (Fsp3) is 0.422. The third-order valence-corrected chi connectivity index (χ3v) is 11.8. The molecule has 0 bridgehead atoms. The maximum absolute atomic E-state index is 13.7. The number of nitrogens with one attached hydrogen (secondary N) is 3. The Bertz CT molecular complexity index is 2380. The van der Waals surface area contributed by atoms with Crippen LogP contribution >= 0.6 is 0 Å². The molecule has 4 atom stereocenters. The number of H-pyrrole nitrogens is 1. The van der Waals surface area contributed by atoms with E-state index in [2.05, 4.69) is 52.0 Å². The van der Waals surface area contributed by atoms with Crippen LogP contribution in [0.4, 0.5) is 9.59 Å². The van der Waals surface area contributed by atoms with Gasteiger partial charge in [0.2, 0.25) is 11.8 Å². The molecule has 1 aromatic heterocycles. The summed E-state index contributed by atoms with van der Waals surface area (Å²) in [5.41, 5.74) is 6.29. The number of hydrogen-bond donors (Lipinski definition) is 3. The number of hydrogen-bond acceptors (Lipinski definition) is 8. The summed E-state index contributed by atoms with van der Waals surface area (Å²) >= 11 is 0. The molecule has 3 aliphatic rings. The van der Waals surface area contributed by atoms with E-state index in [1.54, 1.807) is 11.0 Å². The van der Waals surface area contributed by atoms with Crippen LogP contribution in [0.5, 0.6) is 0 Å². The maximum atomic E-state index is 13.7. The third-order valence-electron chi connectivity index (χ3n) is 11.8. The zero-order valence-electron chi connectivity index (χ0n) is 34.0. The molecule has 0 radical (unpaired) electrons. The quantitative estimate of drug-likeness (QED) is 0.157. The zero-order chi connectivity index (χ0) is 41.2. The molecular weight excluding hydrogens is 737 g/mol. The molecule has 3 aromatic carbocycles. The van der Waals surface area contributed by atoms with Crippen LogP contribution in [0.15, 0.2) is 76.7 Å². The molecule has 2 saturated heterocycles. The van der Waals surface area contributed by atoms with Crippen molar-refractivity contribution in [1.82, 2.24) is 25.4 Å². The van der Waals surface area contributed by atoms with Crippen molar-refractivity contribution in [2.45, 2.75) is 84.0 Å². The minimum Gasteiger partial charge on any atom is -0.453 e. The number of rotatable bonds is 10. The Morgan fingerprint density at radius 1 is 0.724 bits per heavy atom. The van der Waals surface area contributed by atoms with Gasteiger partial charge in [0.1, 0.15) is 12.1 Å². The van der Waals surface area contributed by atoms with Gasteiger partial charge in [0.25, 0.3) is 0 Å². The number of pyridine rings is 1. The monoisotopic (exact) mass is 788 g/mol. The van der Waals surface area contributed by atoms with Crippen LogP contribution in [0, 0.1) is 11.8 Å². The van der Waals surface area contributed by atoms with E-state index in [1.807, 2.05) is 57.0 Å². The highest BCUT2D eigenvalue weighted by Crippen LogP contribution is 2.35. The zero-order valence-corrected chi connectivity index (χ0v) is 34.0. The van der Waals surface area contributed by atoms with Crippen LogP contribution in [-0.2, 0) is 19.1 Å². The molecule has 304 valence electrons.